The van der Waals surface area contributed by atoms with E-state index in [1.807, 2.05) is 6.92 Å². The second-order valence-corrected chi connectivity index (χ2v) is 6.79. The number of likely N-dealkylation sites (tertiary alicyclic amines) is 1. The van der Waals surface area contributed by atoms with Crippen LogP contribution < -0.4 is 16.0 Å². The molecule has 26 heavy (non-hydrogen) atoms. The predicted molar refractivity (Wildman–Crippen MR) is 108 cm³/mol. The number of hydrogen-bond acceptors (Lipinski definition) is 3. The molecule has 0 atom stereocenters. The summed E-state index contributed by atoms with van der Waals surface area (Å²) in [5, 5.41) is 10.0. The molecule has 0 aromatic heterocycles. The van der Waals surface area contributed by atoms with Gasteiger partial charge in [0.15, 0.2) is 5.96 Å². The highest BCUT2D eigenvalue weighted by Crippen LogP contribution is 2.09. The largest absolute Gasteiger partial charge is 0.357 e. The van der Waals surface area contributed by atoms with Crippen molar-refractivity contribution in [2.24, 2.45) is 4.99 Å². The maximum absolute atomic E-state index is 12.0. The highest BCUT2D eigenvalue weighted by Gasteiger charge is 2.09. The van der Waals surface area contributed by atoms with Crippen LogP contribution in [0.15, 0.2) is 29.3 Å². The van der Waals surface area contributed by atoms with E-state index in [4.69, 9.17) is 11.6 Å². The molecule has 1 amide bonds. The number of nitrogens with zero attached hydrogens (tertiary/aromatic N) is 2. The van der Waals surface area contributed by atoms with E-state index in [0.717, 1.165) is 25.6 Å². The third-order valence-electron chi connectivity index (χ3n) is 4.29. The van der Waals surface area contributed by atoms with Gasteiger partial charge < -0.3 is 20.9 Å². The minimum absolute atomic E-state index is 0.101. The summed E-state index contributed by atoms with van der Waals surface area (Å²) in [5.74, 6) is 0.695. The fourth-order valence-electron chi connectivity index (χ4n) is 2.89. The summed E-state index contributed by atoms with van der Waals surface area (Å²) in [6, 6.07) is 6.87. The zero-order chi connectivity index (χ0) is 18.6. The summed E-state index contributed by atoms with van der Waals surface area (Å²) in [7, 11) is 0. The smallest absolute Gasteiger partial charge is 0.251 e. The standard InChI is InChI=1S/C19H30ClN5O/c1-2-21-19(24-12-15-25-13-4-3-5-14-25)23-11-10-22-18(26)16-6-8-17(20)9-7-16/h6-9H,2-5,10-15H2,1H3,(H,22,26)(H2,21,23,24). The molecule has 3 N–H and O–H groups in total. The fraction of sp³-hybridized carbons (Fsp3) is 0.579. The van der Waals surface area contributed by atoms with E-state index < -0.39 is 0 Å². The zero-order valence-corrected chi connectivity index (χ0v) is 16.3. The van der Waals surface area contributed by atoms with E-state index in [2.05, 4.69) is 25.8 Å². The number of carbonyl (C=O) groups is 1. The lowest BCUT2D eigenvalue weighted by Crippen LogP contribution is -2.42. The van der Waals surface area contributed by atoms with Crippen LogP contribution in [0.5, 0.6) is 0 Å². The van der Waals surface area contributed by atoms with Crippen LogP contribution in [-0.4, -0.2) is 62.6 Å². The molecule has 0 saturated carbocycles. The molecule has 2 rings (SSSR count). The second kappa shape index (κ2) is 11.8. The number of piperidine rings is 1. The fourth-order valence-corrected chi connectivity index (χ4v) is 3.01. The van der Waals surface area contributed by atoms with Crippen LogP contribution in [0.3, 0.4) is 0 Å². The number of guanidine groups is 1. The van der Waals surface area contributed by atoms with Gasteiger partial charge in [-0.3, -0.25) is 9.79 Å². The molecule has 1 aromatic rings. The van der Waals surface area contributed by atoms with E-state index in [-0.39, 0.29) is 5.91 Å². The van der Waals surface area contributed by atoms with Crippen molar-refractivity contribution in [2.45, 2.75) is 26.2 Å². The van der Waals surface area contributed by atoms with Gasteiger partial charge in [0.2, 0.25) is 0 Å². The molecule has 0 spiro atoms. The summed E-state index contributed by atoms with van der Waals surface area (Å²) in [6.45, 7) is 8.17. The molecule has 1 aliphatic heterocycles. The molecule has 0 radical (unpaired) electrons. The highest BCUT2D eigenvalue weighted by atomic mass is 35.5. The Morgan fingerprint density at radius 2 is 1.77 bits per heavy atom. The van der Waals surface area contributed by atoms with E-state index in [1.54, 1.807) is 24.3 Å². The minimum atomic E-state index is -0.101. The maximum Gasteiger partial charge on any atom is 0.251 e. The van der Waals surface area contributed by atoms with Gasteiger partial charge in [0, 0.05) is 36.8 Å². The van der Waals surface area contributed by atoms with Gasteiger partial charge in [-0.15, -0.1) is 0 Å². The van der Waals surface area contributed by atoms with Gasteiger partial charge in [-0.25, -0.2) is 0 Å². The topological polar surface area (TPSA) is 68.8 Å². The lowest BCUT2D eigenvalue weighted by Gasteiger charge is -2.25. The highest BCUT2D eigenvalue weighted by molar-refractivity contribution is 6.30. The monoisotopic (exact) mass is 379 g/mol. The van der Waals surface area contributed by atoms with Crippen LogP contribution >= 0.6 is 11.6 Å². The molecule has 1 saturated heterocycles. The molecule has 7 heteroatoms. The van der Waals surface area contributed by atoms with Crippen molar-refractivity contribution < 1.29 is 4.79 Å². The third kappa shape index (κ3) is 7.62. The Morgan fingerprint density at radius 1 is 1.08 bits per heavy atom. The first-order valence-corrected chi connectivity index (χ1v) is 9.85. The molecule has 0 unspecified atom stereocenters. The van der Waals surface area contributed by atoms with Gasteiger partial charge in [0.25, 0.3) is 5.91 Å². The Bertz CT molecular complexity index is 570. The van der Waals surface area contributed by atoms with Gasteiger partial charge in [0.1, 0.15) is 0 Å². The van der Waals surface area contributed by atoms with Crippen LogP contribution in [0.4, 0.5) is 0 Å². The Balaban J connectivity index is 1.67. The van der Waals surface area contributed by atoms with Crippen LogP contribution in [0.25, 0.3) is 0 Å². The Labute approximate surface area is 161 Å². The van der Waals surface area contributed by atoms with E-state index >= 15 is 0 Å². The summed E-state index contributed by atoms with van der Waals surface area (Å²) in [4.78, 5) is 19.1. The predicted octanol–water partition coefficient (Wildman–Crippen LogP) is 2.11. The number of hydrogen-bond donors (Lipinski definition) is 3. The number of amides is 1. The van der Waals surface area contributed by atoms with Gasteiger partial charge in [-0.05, 0) is 57.1 Å². The second-order valence-electron chi connectivity index (χ2n) is 6.35. The Hall–Kier alpha value is -1.79. The first kappa shape index (κ1) is 20.5. The first-order valence-electron chi connectivity index (χ1n) is 9.47. The van der Waals surface area contributed by atoms with Crippen molar-refractivity contribution in [3.63, 3.8) is 0 Å². The van der Waals surface area contributed by atoms with Gasteiger partial charge in [-0.1, -0.05) is 18.0 Å². The molecule has 1 fully saturated rings. The number of nitrogens with one attached hydrogen (secondary N) is 3. The molecule has 1 aliphatic rings. The van der Waals surface area contributed by atoms with Crippen molar-refractivity contribution in [3.05, 3.63) is 34.9 Å². The molecular formula is C19H30ClN5O. The van der Waals surface area contributed by atoms with Crippen molar-refractivity contribution in [1.82, 2.24) is 20.9 Å². The summed E-state index contributed by atoms with van der Waals surface area (Å²) >= 11 is 5.83. The van der Waals surface area contributed by atoms with Crippen LogP contribution in [0.1, 0.15) is 36.5 Å². The van der Waals surface area contributed by atoms with Crippen LogP contribution in [0, 0.1) is 0 Å². The maximum atomic E-state index is 12.0. The van der Waals surface area contributed by atoms with Crippen molar-refractivity contribution in [2.75, 3.05) is 45.8 Å². The van der Waals surface area contributed by atoms with Crippen molar-refractivity contribution >= 4 is 23.5 Å². The van der Waals surface area contributed by atoms with E-state index in [9.17, 15) is 4.79 Å². The average Bonchev–Trinajstić information content (AvgIpc) is 2.66. The van der Waals surface area contributed by atoms with Crippen molar-refractivity contribution in [3.8, 4) is 0 Å². The molecule has 0 aliphatic carbocycles. The number of halogens is 1. The quantitative estimate of drug-likeness (QED) is 0.367. The summed E-state index contributed by atoms with van der Waals surface area (Å²) < 4.78 is 0. The molecule has 144 valence electrons. The SMILES string of the molecule is CCNC(=NCCN1CCCCC1)NCCNC(=O)c1ccc(Cl)cc1. The molecule has 0 bridgehead atoms. The van der Waals surface area contributed by atoms with Gasteiger partial charge >= 0.3 is 0 Å². The summed E-state index contributed by atoms with van der Waals surface area (Å²) in [6.07, 6.45) is 3.95. The van der Waals surface area contributed by atoms with Gasteiger partial charge in [-0.2, -0.15) is 0 Å². The van der Waals surface area contributed by atoms with Crippen molar-refractivity contribution in [1.29, 1.82) is 0 Å². The van der Waals surface area contributed by atoms with E-state index in [1.165, 1.54) is 32.4 Å². The van der Waals surface area contributed by atoms with E-state index in [0.29, 0.717) is 23.7 Å². The number of rotatable bonds is 8. The van der Waals surface area contributed by atoms with Crippen LogP contribution in [-0.2, 0) is 0 Å². The Kier molecular flexibility index (Phi) is 9.28. The molecular weight excluding hydrogens is 350 g/mol. The third-order valence-corrected chi connectivity index (χ3v) is 4.54. The minimum Gasteiger partial charge on any atom is -0.357 e. The van der Waals surface area contributed by atoms with Crippen LogP contribution in [0.2, 0.25) is 5.02 Å². The zero-order valence-electron chi connectivity index (χ0n) is 15.6. The number of aliphatic imine (C=N–C) groups is 1. The lowest BCUT2D eigenvalue weighted by atomic mass is 10.1. The number of carbonyl (C=O) groups excluding carboxylic acids is 1. The first-order chi connectivity index (χ1) is 12.7. The average molecular weight is 380 g/mol. The Morgan fingerprint density at radius 3 is 2.46 bits per heavy atom. The summed E-state index contributed by atoms with van der Waals surface area (Å²) in [5.41, 5.74) is 0.608. The molecule has 6 nitrogen and oxygen atoms in total. The lowest BCUT2D eigenvalue weighted by molar-refractivity contribution is 0.0954. The molecule has 1 heterocycles. The number of benzene rings is 1. The molecule has 1 aromatic carbocycles. The normalized spacial score (nSPS) is 15.5. The van der Waals surface area contributed by atoms with Gasteiger partial charge in [0.05, 0.1) is 6.54 Å².